The van der Waals surface area contributed by atoms with Crippen LogP contribution >= 0.6 is 23.2 Å². The minimum absolute atomic E-state index is 0.208. The van der Waals surface area contributed by atoms with Gasteiger partial charge in [0.05, 0.1) is 16.2 Å². The van der Waals surface area contributed by atoms with E-state index in [0.717, 1.165) is 22.3 Å². The van der Waals surface area contributed by atoms with E-state index in [9.17, 15) is 0 Å². The van der Waals surface area contributed by atoms with Crippen molar-refractivity contribution in [3.05, 3.63) is 64.4 Å². The Morgan fingerprint density at radius 1 is 1.14 bits per heavy atom. The Morgan fingerprint density at radius 3 is 2.43 bits per heavy atom. The van der Waals surface area contributed by atoms with Gasteiger partial charge in [0.25, 0.3) is 0 Å². The molecule has 0 aliphatic rings. The van der Waals surface area contributed by atoms with Crippen molar-refractivity contribution in [2.24, 2.45) is 11.3 Å². The molecule has 0 atom stereocenters. The summed E-state index contributed by atoms with van der Waals surface area (Å²) in [6, 6.07) is 11.4. The number of pyridine rings is 1. The molecule has 7 heteroatoms. The number of imidazole rings is 1. The number of nitrogens with zero attached hydrogens (tertiary/aromatic N) is 3. The standard InChI is InChI=1S/C21H23Cl2N5/c1-12(21(2,3)4)17(23)18(28(5)24)20-26-16-11-10-15(25-19(16)27-20)13-8-6-7-9-14(13)22/h6-11H,1,24H2,2-5H3,(H,25,26,27)/b18-17+. The second-order valence-corrected chi connectivity index (χ2v) is 8.42. The predicted octanol–water partition coefficient (Wildman–Crippen LogP) is 5.59. The van der Waals surface area contributed by atoms with Gasteiger partial charge >= 0.3 is 0 Å². The molecule has 3 aromatic rings. The number of halogens is 2. The molecule has 1 aromatic carbocycles. The number of hydrazine groups is 1. The lowest BCUT2D eigenvalue weighted by Gasteiger charge is -2.25. The lowest BCUT2D eigenvalue weighted by atomic mass is 9.87. The normalized spacial score (nSPS) is 12.8. The number of nitrogens with two attached hydrogens (primary N) is 1. The Bertz CT molecular complexity index is 1070. The minimum atomic E-state index is -0.208. The minimum Gasteiger partial charge on any atom is -0.335 e. The molecule has 0 spiro atoms. The lowest BCUT2D eigenvalue weighted by Crippen LogP contribution is -2.26. The molecule has 5 nitrogen and oxygen atoms in total. The smallest absolute Gasteiger partial charge is 0.178 e. The molecule has 28 heavy (non-hydrogen) atoms. The molecule has 2 heterocycles. The van der Waals surface area contributed by atoms with Crippen molar-refractivity contribution in [3.63, 3.8) is 0 Å². The van der Waals surface area contributed by atoms with Gasteiger partial charge in [-0.2, -0.15) is 0 Å². The van der Waals surface area contributed by atoms with Crippen LogP contribution in [0.5, 0.6) is 0 Å². The average Bonchev–Trinajstić information content (AvgIpc) is 3.02. The third-order valence-electron chi connectivity index (χ3n) is 4.45. The van der Waals surface area contributed by atoms with E-state index in [0.29, 0.717) is 27.2 Å². The summed E-state index contributed by atoms with van der Waals surface area (Å²) in [4.78, 5) is 12.5. The lowest BCUT2D eigenvalue weighted by molar-refractivity contribution is 0.493. The maximum Gasteiger partial charge on any atom is 0.178 e. The number of benzene rings is 1. The van der Waals surface area contributed by atoms with Gasteiger partial charge < -0.3 is 9.99 Å². The van der Waals surface area contributed by atoms with Crippen molar-refractivity contribution < 1.29 is 0 Å². The summed E-state index contributed by atoms with van der Waals surface area (Å²) in [5.74, 6) is 6.59. The van der Waals surface area contributed by atoms with E-state index in [4.69, 9.17) is 29.0 Å². The van der Waals surface area contributed by atoms with Crippen LogP contribution < -0.4 is 5.84 Å². The average molecular weight is 416 g/mol. The van der Waals surface area contributed by atoms with Crippen molar-refractivity contribution in [2.75, 3.05) is 7.05 Å². The zero-order valence-electron chi connectivity index (χ0n) is 16.3. The van der Waals surface area contributed by atoms with E-state index in [1.807, 2.05) is 57.2 Å². The third kappa shape index (κ3) is 3.92. The molecular formula is C21H23Cl2N5. The molecule has 0 radical (unpaired) electrons. The zero-order chi connectivity index (χ0) is 20.6. The number of nitrogens with one attached hydrogen (secondary N) is 1. The van der Waals surface area contributed by atoms with E-state index in [1.54, 1.807) is 7.05 Å². The van der Waals surface area contributed by atoms with Gasteiger partial charge in [-0.1, -0.05) is 68.8 Å². The van der Waals surface area contributed by atoms with Gasteiger partial charge in [0.15, 0.2) is 11.5 Å². The molecule has 0 saturated carbocycles. The number of aromatic nitrogens is 3. The highest BCUT2D eigenvalue weighted by Crippen LogP contribution is 2.36. The van der Waals surface area contributed by atoms with Gasteiger partial charge in [0.2, 0.25) is 0 Å². The van der Waals surface area contributed by atoms with E-state index < -0.39 is 0 Å². The Balaban J connectivity index is 2.13. The first-order chi connectivity index (χ1) is 13.1. The maximum absolute atomic E-state index is 6.65. The first-order valence-electron chi connectivity index (χ1n) is 8.79. The van der Waals surface area contributed by atoms with Crippen LogP contribution in [0, 0.1) is 5.41 Å². The zero-order valence-corrected chi connectivity index (χ0v) is 17.9. The Kier molecular flexibility index (Phi) is 5.53. The Morgan fingerprint density at radius 2 is 1.82 bits per heavy atom. The highest BCUT2D eigenvalue weighted by atomic mass is 35.5. The van der Waals surface area contributed by atoms with Gasteiger partial charge in [-0.05, 0) is 29.2 Å². The van der Waals surface area contributed by atoms with Crippen LogP contribution in [0.25, 0.3) is 28.1 Å². The quantitative estimate of drug-likeness (QED) is 0.330. The van der Waals surface area contributed by atoms with Crippen LogP contribution in [0.15, 0.2) is 53.6 Å². The fourth-order valence-electron chi connectivity index (χ4n) is 2.72. The monoisotopic (exact) mass is 415 g/mol. The number of hydrogen-bond acceptors (Lipinski definition) is 4. The molecular weight excluding hydrogens is 393 g/mol. The third-order valence-corrected chi connectivity index (χ3v) is 5.19. The van der Waals surface area contributed by atoms with E-state index in [2.05, 4.69) is 21.5 Å². The summed E-state index contributed by atoms with van der Waals surface area (Å²) in [7, 11) is 1.71. The molecule has 0 aliphatic heterocycles. The fraction of sp³-hybridized carbons (Fsp3) is 0.238. The number of hydrogen-bond donors (Lipinski definition) is 2. The summed E-state index contributed by atoms with van der Waals surface area (Å²) in [6.45, 7) is 10.3. The van der Waals surface area contributed by atoms with E-state index in [1.165, 1.54) is 5.01 Å². The highest BCUT2D eigenvalue weighted by Gasteiger charge is 2.24. The molecule has 0 amide bonds. The second kappa shape index (κ2) is 7.59. The largest absolute Gasteiger partial charge is 0.335 e. The van der Waals surface area contributed by atoms with Gasteiger partial charge in [-0.3, -0.25) is 0 Å². The summed E-state index contributed by atoms with van der Waals surface area (Å²) < 4.78 is 0. The van der Waals surface area contributed by atoms with Crippen LogP contribution in [0.1, 0.15) is 26.6 Å². The topological polar surface area (TPSA) is 70.8 Å². The van der Waals surface area contributed by atoms with Gasteiger partial charge in [-0.15, -0.1) is 0 Å². The van der Waals surface area contributed by atoms with Gasteiger partial charge in [-0.25, -0.2) is 15.8 Å². The van der Waals surface area contributed by atoms with Crippen LogP contribution in [-0.2, 0) is 0 Å². The summed E-state index contributed by atoms with van der Waals surface area (Å²) in [5, 5.41) is 2.53. The second-order valence-electron chi connectivity index (χ2n) is 7.63. The number of fused-ring (bicyclic) bond motifs is 1. The SMILES string of the molecule is C=C(/C(Cl)=C(/c1nc2nc(-c3ccccc3Cl)ccc2[nH]1)N(C)N)C(C)(C)C. The summed E-state index contributed by atoms with van der Waals surface area (Å²) in [5.41, 5.74) is 4.04. The van der Waals surface area contributed by atoms with E-state index in [-0.39, 0.29) is 5.41 Å². The summed E-state index contributed by atoms with van der Waals surface area (Å²) >= 11 is 12.9. The fourth-order valence-corrected chi connectivity index (χ4v) is 3.46. The van der Waals surface area contributed by atoms with Crippen molar-refractivity contribution in [2.45, 2.75) is 20.8 Å². The van der Waals surface area contributed by atoms with Crippen molar-refractivity contribution in [1.82, 2.24) is 20.0 Å². The molecule has 0 fully saturated rings. The van der Waals surface area contributed by atoms with Gasteiger partial charge in [0.1, 0.15) is 5.70 Å². The first kappa shape index (κ1) is 20.4. The Hall–Kier alpha value is -2.34. The predicted molar refractivity (Wildman–Crippen MR) is 118 cm³/mol. The molecule has 0 unspecified atom stereocenters. The van der Waals surface area contributed by atoms with Crippen LogP contribution in [-0.4, -0.2) is 27.0 Å². The molecule has 3 N–H and O–H groups in total. The molecule has 3 rings (SSSR count). The number of rotatable bonds is 4. The molecule has 146 valence electrons. The highest BCUT2D eigenvalue weighted by molar-refractivity contribution is 6.35. The number of aromatic amines is 1. The summed E-state index contributed by atoms with van der Waals surface area (Å²) in [6.07, 6.45) is 0. The van der Waals surface area contributed by atoms with Crippen LogP contribution in [0.4, 0.5) is 0 Å². The Labute approximate surface area is 174 Å². The molecule has 0 saturated heterocycles. The molecule has 2 aromatic heterocycles. The van der Waals surface area contributed by atoms with Crippen molar-refractivity contribution >= 4 is 40.1 Å². The van der Waals surface area contributed by atoms with E-state index >= 15 is 0 Å². The number of allylic oxidation sites excluding steroid dienone is 2. The van der Waals surface area contributed by atoms with Gasteiger partial charge in [0, 0.05) is 17.6 Å². The first-order valence-corrected chi connectivity index (χ1v) is 9.55. The van der Waals surface area contributed by atoms with Crippen molar-refractivity contribution in [1.29, 1.82) is 0 Å². The molecule has 0 aliphatic carbocycles. The molecule has 0 bridgehead atoms. The maximum atomic E-state index is 6.65. The number of H-pyrrole nitrogens is 1. The van der Waals surface area contributed by atoms with Crippen LogP contribution in [0.3, 0.4) is 0 Å². The van der Waals surface area contributed by atoms with Crippen molar-refractivity contribution in [3.8, 4) is 11.3 Å². The van der Waals surface area contributed by atoms with Crippen LogP contribution in [0.2, 0.25) is 5.02 Å².